The van der Waals surface area contributed by atoms with Gasteiger partial charge in [-0.3, -0.25) is 4.79 Å². The van der Waals surface area contributed by atoms with Crippen molar-refractivity contribution in [3.63, 3.8) is 0 Å². The topological polar surface area (TPSA) is 81.8 Å². The van der Waals surface area contributed by atoms with Gasteiger partial charge in [-0.2, -0.15) is 0 Å². The molecule has 0 saturated heterocycles. The van der Waals surface area contributed by atoms with E-state index in [0.29, 0.717) is 32.7 Å². The van der Waals surface area contributed by atoms with Crippen LogP contribution in [0.5, 0.6) is 0 Å². The zero-order valence-corrected chi connectivity index (χ0v) is 12.8. The first-order valence-electron chi connectivity index (χ1n) is 7.14. The van der Waals surface area contributed by atoms with Crippen molar-refractivity contribution in [2.45, 2.75) is 25.2 Å². The third-order valence-corrected chi connectivity index (χ3v) is 3.65. The zero-order chi connectivity index (χ0) is 15.7. The molecule has 1 aromatic carbocycles. The monoisotopic (exact) mass is 295 g/mol. The van der Waals surface area contributed by atoms with E-state index in [2.05, 4.69) is 0 Å². The van der Waals surface area contributed by atoms with E-state index >= 15 is 0 Å². The molecule has 5 nitrogen and oxygen atoms in total. The number of benzene rings is 1. The fourth-order valence-corrected chi connectivity index (χ4v) is 2.35. The van der Waals surface area contributed by atoms with Gasteiger partial charge < -0.3 is 20.3 Å². The van der Waals surface area contributed by atoms with Gasteiger partial charge in [0.05, 0.1) is 13.2 Å². The fourth-order valence-electron chi connectivity index (χ4n) is 2.35. The predicted octanol–water partition coefficient (Wildman–Crippen LogP) is 1.72. The number of methoxy groups -OCH3 is 1. The number of hydrogen-bond acceptors (Lipinski definition) is 4. The molecule has 0 spiro atoms. The number of aliphatic carboxylic acids is 1. The normalized spacial score (nSPS) is 13.9. The van der Waals surface area contributed by atoms with Crippen molar-refractivity contribution < 1.29 is 19.4 Å². The molecule has 1 aromatic rings. The number of ether oxygens (including phenoxy) is 2. The summed E-state index contributed by atoms with van der Waals surface area (Å²) in [7, 11) is 1.62. The minimum absolute atomic E-state index is 0.0733. The van der Waals surface area contributed by atoms with Gasteiger partial charge in [0.15, 0.2) is 0 Å². The zero-order valence-electron chi connectivity index (χ0n) is 12.8. The van der Waals surface area contributed by atoms with E-state index in [9.17, 15) is 9.90 Å². The Bertz CT molecular complexity index is 450. The number of aryl methyl sites for hydroxylation is 1. The van der Waals surface area contributed by atoms with Crippen LogP contribution in [0.1, 0.15) is 24.0 Å². The molecule has 1 unspecified atom stereocenters. The van der Waals surface area contributed by atoms with Crippen molar-refractivity contribution in [1.82, 2.24) is 0 Å². The molecule has 0 amide bonds. The summed E-state index contributed by atoms with van der Waals surface area (Å²) in [5.74, 6) is -0.882. The first-order chi connectivity index (χ1) is 10.1. The highest BCUT2D eigenvalue weighted by atomic mass is 16.5. The van der Waals surface area contributed by atoms with E-state index in [4.69, 9.17) is 15.2 Å². The Morgan fingerprint density at radius 2 is 2.10 bits per heavy atom. The molecular weight excluding hydrogens is 270 g/mol. The smallest absolute Gasteiger partial charge is 0.315 e. The summed E-state index contributed by atoms with van der Waals surface area (Å²) >= 11 is 0. The second kappa shape index (κ2) is 8.77. The molecule has 0 fully saturated rings. The molecular formula is C16H25NO4. The van der Waals surface area contributed by atoms with Crippen molar-refractivity contribution >= 4 is 5.97 Å². The Labute approximate surface area is 126 Å². The maximum atomic E-state index is 11.8. The molecule has 1 atom stereocenters. The van der Waals surface area contributed by atoms with Crippen molar-refractivity contribution in [1.29, 1.82) is 0 Å². The van der Waals surface area contributed by atoms with Crippen LogP contribution < -0.4 is 5.73 Å². The van der Waals surface area contributed by atoms with Gasteiger partial charge in [-0.15, -0.1) is 0 Å². The molecule has 21 heavy (non-hydrogen) atoms. The summed E-state index contributed by atoms with van der Waals surface area (Å²) in [4.78, 5) is 11.8. The highest BCUT2D eigenvalue weighted by Crippen LogP contribution is 2.29. The van der Waals surface area contributed by atoms with Gasteiger partial charge in [-0.25, -0.2) is 0 Å². The Kier molecular flexibility index (Phi) is 7.36. The average Bonchev–Trinajstić information content (AvgIpc) is 2.46. The first kappa shape index (κ1) is 17.6. The van der Waals surface area contributed by atoms with E-state index in [1.807, 2.05) is 31.2 Å². The molecule has 0 radical (unpaired) electrons. The molecule has 1 rings (SSSR count). The number of nitrogens with two attached hydrogens (primary N) is 1. The molecule has 0 aliphatic carbocycles. The summed E-state index contributed by atoms with van der Waals surface area (Å²) in [5.41, 5.74) is 6.56. The molecule has 5 heteroatoms. The highest BCUT2D eigenvalue weighted by Gasteiger charge is 2.38. The van der Waals surface area contributed by atoms with E-state index in [0.717, 1.165) is 11.1 Å². The van der Waals surface area contributed by atoms with Crippen molar-refractivity contribution in [3.05, 3.63) is 35.4 Å². The summed E-state index contributed by atoms with van der Waals surface area (Å²) in [6.07, 6.45) is 1.09. The van der Waals surface area contributed by atoms with Crippen LogP contribution in [0.3, 0.4) is 0 Å². The summed E-state index contributed by atoms with van der Waals surface area (Å²) < 4.78 is 10.3. The average molecular weight is 295 g/mol. The van der Waals surface area contributed by atoms with Crippen molar-refractivity contribution in [3.8, 4) is 0 Å². The minimum atomic E-state index is -1.05. The van der Waals surface area contributed by atoms with Gasteiger partial charge in [0.2, 0.25) is 0 Å². The summed E-state index contributed by atoms with van der Waals surface area (Å²) in [6, 6.07) is 7.54. The lowest BCUT2D eigenvalue weighted by molar-refractivity contribution is -0.144. The molecule has 0 aliphatic heterocycles. The van der Waals surface area contributed by atoms with Crippen LogP contribution in [0.2, 0.25) is 0 Å². The lowest BCUT2D eigenvalue weighted by Gasteiger charge is -2.29. The second-order valence-electron chi connectivity index (χ2n) is 5.17. The van der Waals surface area contributed by atoms with E-state index < -0.39 is 11.4 Å². The molecule has 118 valence electrons. The Morgan fingerprint density at radius 1 is 1.33 bits per heavy atom. The molecule has 0 aromatic heterocycles. The predicted molar refractivity (Wildman–Crippen MR) is 81.5 cm³/mol. The largest absolute Gasteiger partial charge is 0.481 e. The van der Waals surface area contributed by atoms with E-state index in [1.165, 1.54) is 0 Å². The van der Waals surface area contributed by atoms with Crippen LogP contribution in [0.25, 0.3) is 0 Å². The molecule has 3 N–H and O–H groups in total. The second-order valence-corrected chi connectivity index (χ2v) is 5.17. The Morgan fingerprint density at radius 3 is 2.67 bits per heavy atom. The standard InChI is InChI=1S/C16H25NO4/c1-13-5-3-6-14(11-13)16(12-17,15(18)19)7-4-8-21-10-9-20-2/h3,5-6,11H,4,7-10,12,17H2,1-2H3,(H,18,19). The molecule has 0 heterocycles. The van der Waals surface area contributed by atoms with Crippen LogP contribution in [0.4, 0.5) is 0 Å². The Balaban J connectivity index is 2.73. The van der Waals surface area contributed by atoms with Crippen molar-refractivity contribution in [2.75, 3.05) is 33.5 Å². The molecule has 0 aliphatic rings. The van der Waals surface area contributed by atoms with E-state index in [-0.39, 0.29) is 6.54 Å². The quantitative estimate of drug-likeness (QED) is 0.642. The summed E-state index contributed by atoms with van der Waals surface area (Å²) in [5, 5.41) is 9.67. The van der Waals surface area contributed by atoms with Gasteiger partial charge >= 0.3 is 5.97 Å². The van der Waals surface area contributed by atoms with Crippen LogP contribution in [-0.2, 0) is 19.7 Å². The maximum Gasteiger partial charge on any atom is 0.315 e. The highest BCUT2D eigenvalue weighted by molar-refractivity contribution is 5.81. The van der Waals surface area contributed by atoms with Gasteiger partial charge in [-0.05, 0) is 25.3 Å². The first-order valence-corrected chi connectivity index (χ1v) is 7.14. The van der Waals surface area contributed by atoms with Crippen LogP contribution >= 0.6 is 0 Å². The third kappa shape index (κ3) is 4.81. The molecule has 0 bridgehead atoms. The van der Waals surface area contributed by atoms with Gasteiger partial charge in [0.1, 0.15) is 5.41 Å². The number of carboxylic acid groups (broad SMARTS) is 1. The molecule has 0 saturated carbocycles. The van der Waals surface area contributed by atoms with E-state index in [1.54, 1.807) is 7.11 Å². The third-order valence-electron chi connectivity index (χ3n) is 3.65. The maximum absolute atomic E-state index is 11.8. The van der Waals surface area contributed by atoms with Crippen LogP contribution in [-0.4, -0.2) is 44.6 Å². The number of rotatable bonds is 10. The fraction of sp³-hybridized carbons (Fsp3) is 0.562. The lowest BCUT2D eigenvalue weighted by Crippen LogP contribution is -2.43. The number of carbonyl (C=O) groups is 1. The minimum Gasteiger partial charge on any atom is -0.481 e. The van der Waals surface area contributed by atoms with Crippen molar-refractivity contribution in [2.24, 2.45) is 5.73 Å². The van der Waals surface area contributed by atoms with Gasteiger partial charge in [0.25, 0.3) is 0 Å². The SMILES string of the molecule is COCCOCCCC(CN)(C(=O)O)c1cccc(C)c1. The number of hydrogen-bond donors (Lipinski definition) is 2. The van der Waals surface area contributed by atoms with Gasteiger partial charge in [-0.1, -0.05) is 29.8 Å². The number of carboxylic acids is 1. The Hall–Kier alpha value is -1.43. The summed E-state index contributed by atoms with van der Waals surface area (Å²) in [6.45, 7) is 3.58. The van der Waals surface area contributed by atoms with Crippen LogP contribution in [0.15, 0.2) is 24.3 Å². The van der Waals surface area contributed by atoms with Gasteiger partial charge in [0, 0.05) is 20.3 Å². The van der Waals surface area contributed by atoms with Crippen LogP contribution in [0, 0.1) is 6.92 Å². The lowest BCUT2D eigenvalue weighted by atomic mass is 9.76.